The van der Waals surface area contributed by atoms with Gasteiger partial charge in [0.1, 0.15) is 4.47 Å². The molecule has 0 N–H and O–H groups in total. The average molecular weight is 697 g/mol. The highest BCUT2D eigenvalue weighted by Crippen LogP contribution is 2.46. The van der Waals surface area contributed by atoms with Crippen molar-refractivity contribution >= 4 is 45.1 Å². The van der Waals surface area contributed by atoms with Crippen LogP contribution in [0.15, 0.2) is 51.7 Å². The van der Waals surface area contributed by atoms with Crippen molar-refractivity contribution in [1.29, 1.82) is 0 Å². The molecule has 1 atom stereocenters. The SMILES string of the molecule is COC(=O)C(OC)N(c1cc(C(F)(F)F)cc(C(F)(F)F)c1Cl)c1nc(C(F)(F)F)c(Br)c(=O)n1Cc1ccccc1. The molecule has 0 radical (unpaired) electrons. The number of methoxy groups -OCH3 is 2. The molecular formula is C24H16BrClF9N3O4. The standard InChI is InChI=1S/C24H16BrClF9N3O4/c1-41-19(20(40)42-2)38(14-9-12(22(27,28)29)8-13(16(14)26)23(30,31)32)21-36-17(24(33,34)35)15(25)18(39)37(21)10-11-6-4-3-5-7-11/h3-9,19H,10H2,1-2H3. The summed E-state index contributed by atoms with van der Waals surface area (Å²) in [6.45, 7) is -0.616. The molecule has 0 saturated heterocycles. The Bertz CT molecular complexity index is 1530. The first-order chi connectivity index (χ1) is 19.3. The summed E-state index contributed by atoms with van der Waals surface area (Å²) in [4.78, 5) is 29.5. The lowest BCUT2D eigenvalue weighted by molar-refractivity contribution is -0.151. The lowest BCUT2D eigenvalue weighted by atomic mass is 10.1. The lowest BCUT2D eigenvalue weighted by Gasteiger charge is -2.33. The molecule has 2 aromatic carbocycles. The van der Waals surface area contributed by atoms with Crippen molar-refractivity contribution in [2.24, 2.45) is 0 Å². The minimum absolute atomic E-state index is 0.0425. The third kappa shape index (κ3) is 6.83. The van der Waals surface area contributed by atoms with Crippen LogP contribution in [0, 0.1) is 0 Å². The molecule has 0 spiro atoms. The summed E-state index contributed by atoms with van der Waals surface area (Å²) in [5.41, 5.74) is -8.43. The smallest absolute Gasteiger partial charge is 0.434 e. The van der Waals surface area contributed by atoms with Gasteiger partial charge in [-0.3, -0.25) is 14.3 Å². The van der Waals surface area contributed by atoms with Crippen LogP contribution in [0.5, 0.6) is 0 Å². The van der Waals surface area contributed by atoms with Gasteiger partial charge >= 0.3 is 24.5 Å². The number of nitrogens with zero attached hydrogens (tertiary/aromatic N) is 3. The van der Waals surface area contributed by atoms with Crippen LogP contribution in [-0.2, 0) is 39.3 Å². The topological polar surface area (TPSA) is 73.7 Å². The first-order valence-electron chi connectivity index (χ1n) is 11.1. The third-order valence-corrected chi connectivity index (χ3v) is 6.68. The number of alkyl halides is 9. The van der Waals surface area contributed by atoms with E-state index in [-0.39, 0.29) is 22.6 Å². The first-order valence-corrected chi connectivity index (χ1v) is 12.3. The van der Waals surface area contributed by atoms with Crippen molar-refractivity contribution in [1.82, 2.24) is 9.55 Å². The lowest BCUT2D eigenvalue weighted by Crippen LogP contribution is -2.44. The minimum atomic E-state index is -5.51. The molecule has 228 valence electrons. The zero-order chi connectivity index (χ0) is 31.8. The number of rotatable bonds is 7. The Morgan fingerprint density at radius 1 is 1.00 bits per heavy atom. The van der Waals surface area contributed by atoms with Crippen LogP contribution in [0.2, 0.25) is 5.02 Å². The first kappa shape index (κ1) is 33.2. The number of anilines is 2. The summed E-state index contributed by atoms with van der Waals surface area (Å²) >= 11 is 8.46. The quantitative estimate of drug-likeness (QED) is 0.150. The van der Waals surface area contributed by atoms with Gasteiger partial charge in [0.05, 0.1) is 35.5 Å². The Kier molecular flexibility index (Phi) is 9.58. The number of hydrogen-bond acceptors (Lipinski definition) is 6. The Hall–Kier alpha value is -3.31. The molecule has 1 unspecified atom stereocenters. The van der Waals surface area contributed by atoms with Gasteiger partial charge in [0, 0.05) is 7.11 Å². The molecule has 0 bridgehead atoms. The van der Waals surface area contributed by atoms with E-state index < -0.39 is 80.8 Å². The number of esters is 1. The van der Waals surface area contributed by atoms with Crippen LogP contribution in [0.3, 0.4) is 0 Å². The van der Waals surface area contributed by atoms with Crippen molar-refractivity contribution in [2.45, 2.75) is 31.3 Å². The van der Waals surface area contributed by atoms with Crippen LogP contribution in [0.25, 0.3) is 0 Å². The minimum Gasteiger partial charge on any atom is -0.466 e. The molecule has 18 heteroatoms. The van der Waals surface area contributed by atoms with E-state index >= 15 is 0 Å². The largest absolute Gasteiger partial charge is 0.466 e. The van der Waals surface area contributed by atoms with Crippen molar-refractivity contribution in [3.63, 3.8) is 0 Å². The monoisotopic (exact) mass is 695 g/mol. The van der Waals surface area contributed by atoms with E-state index in [0.29, 0.717) is 4.57 Å². The van der Waals surface area contributed by atoms with Gasteiger partial charge in [-0.15, -0.1) is 0 Å². The second kappa shape index (κ2) is 12.1. The van der Waals surface area contributed by atoms with Crippen molar-refractivity contribution in [2.75, 3.05) is 19.1 Å². The Morgan fingerprint density at radius 2 is 1.60 bits per heavy atom. The maximum Gasteiger partial charge on any atom is 0.434 e. The van der Waals surface area contributed by atoms with Crippen LogP contribution < -0.4 is 10.5 Å². The molecular weight excluding hydrogens is 681 g/mol. The van der Waals surface area contributed by atoms with Gasteiger partial charge in [0.2, 0.25) is 12.2 Å². The fourth-order valence-corrected chi connectivity index (χ4v) is 4.54. The normalized spacial score (nSPS) is 13.2. The van der Waals surface area contributed by atoms with Crippen molar-refractivity contribution in [3.05, 3.63) is 84.7 Å². The van der Waals surface area contributed by atoms with Crippen LogP contribution in [0.4, 0.5) is 51.1 Å². The van der Waals surface area contributed by atoms with Gasteiger partial charge in [-0.2, -0.15) is 39.5 Å². The molecule has 7 nitrogen and oxygen atoms in total. The van der Waals surface area contributed by atoms with E-state index in [9.17, 15) is 49.1 Å². The Morgan fingerprint density at radius 3 is 2.07 bits per heavy atom. The van der Waals surface area contributed by atoms with Crippen LogP contribution >= 0.6 is 27.5 Å². The molecule has 0 saturated carbocycles. The van der Waals surface area contributed by atoms with E-state index in [1.807, 2.05) is 0 Å². The average Bonchev–Trinajstić information content (AvgIpc) is 2.89. The van der Waals surface area contributed by atoms with E-state index in [1.54, 1.807) is 6.07 Å². The molecule has 0 aliphatic rings. The van der Waals surface area contributed by atoms with Gasteiger partial charge in [-0.1, -0.05) is 41.9 Å². The number of benzene rings is 2. The molecule has 0 fully saturated rings. The van der Waals surface area contributed by atoms with E-state index in [2.05, 4.69) is 25.7 Å². The highest BCUT2D eigenvalue weighted by molar-refractivity contribution is 9.10. The van der Waals surface area contributed by atoms with Crippen molar-refractivity contribution in [3.8, 4) is 0 Å². The van der Waals surface area contributed by atoms with Gasteiger partial charge < -0.3 is 9.47 Å². The highest BCUT2D eigenvalue weighted by Gasteiger charge is 2.44. The fourth-order valence-electron chi connectivity index (χ4n) is 3.70. The van der Waals surface area contributed by atoms with Crippen LogP contribution in [0.1, 0.15) is 22.4 Å². The van der Waals surface area contributed by atoms with E-state index in [1.165, 1.54) is 24.3 Å². The molecule has 3 aromatic rings. The van der Waals surface area contributed by atoms with Gasteiger partial charge in [0.15, 0.2) is 5.69 Å². The summed E-state index contributed by atoms with van der Waals surface area (Å²) < 4.78 is 134. The third-order valence-electron chi connectivity index (χ3n) is 5.57. The predicted octanol–water partition coefficient (Wildman–Crippen LogP) is 7.05. The Balaban J connectivity index is 2.59. The van der Waals surface area contributed by atoms with Crippen LogP contribution in [-0.4, -0.2) is 36.0 Å². The molecule has 0 amide bonds. The van der Waals surface area contributed by atoms with Gasteiger partial charge in [-0.05, 0) is 33.6 Å². The second-order valence-corrected chi connectivity index (χ2v) is 9.45. The molecule has 42 heavy (non-hydrogen) atoms. The number of halogens is 11. The van der Waals surface area contributed by atoms with E-state index in [4.69, 9.17) is 16.3 Å². The molecule has 0 aliphatic carbocycles. The highest BCUT2D eigenvalue weighted by atomic mass is 79.9. The summed E-state index contributed by atoms with van der Waals surface area (Å²) in [5, 5.41) is -1.47. The van der Waals surface area contributed by atoms with Gasteiger partial charge in [0.25, 0.3) is 5.56 Å². The van der Waals surface area contributed by atoms with Crippen molar-refractivity contribution < 1.29 is 53.8 Å². The second-order valence-electron chi connectivity index (χ2n) is 8.28. The molecule has 1 aromatic heterocycles. The number of carbonyl (C=O) groups is 1. The maximum absolute atomic E-state index is 14.0. The molecule has 0 aliphatic heterocycles. The number of hydrogen-bond donors (Lipinski definition) is 0. The maximum atomic E-state index is 14.0. The summed E-state index contributed by atoms with van der Waals surface area (Å²) in [6, 6.07) is 7.07. The predicted molar refractivity (Wildman–Crippen MR) is 133 cm³/mol. The number of aromatic nitrogens is 2. The van der Waals surface area contributed by atoms with E-state index in [0.717, 1.165) is 14.2 Å². The zero-order valence-electron chi connectivity index (χ0n) is 21.0. The zero-order valence-corrected chi connectivity index (χ0v) is 23.3. The number of ether oxygens (including phenoxy) is 2. The van der Waals surface area contributed by atoms with Gasteiger partial charge in [-0.25, -0.2) is 9.78 Å². The molecule has 1 heterocycles. The molecule has 3 rings (SSSR count). The fraction of sp³-hybridized carbons (Fsp3) is 0.292. The summed E-state index contributed by atoms with van der Waals surface area (Å²) in [5.74, 6) is -2.75. The number of carbonyl (C=O) groups excluding carboxylic acids is 1. The summed E-state index contributed by atoms with van der Waals surface area (Å²) in [6.07, 6.45) is -18.7. The Labute approximate surface area is 243 Å². The summed E-state index contributed by atoms with van der Waals surface area (Å²) in [7, 11) is 1.51.